The highest BCUT2D eigenvalue weighted by Gasteiger charge is 2.23. The first-order chi connectivity index (χ1) is 30.1. The molecule has 0 aliphatic rings. The zero-order valence-electron chi connectivity index (χ0n) is 33.3. The van der Waals surface area contributed by atoms with E-state index in [2.05, 4.69) is 197 Å². The third-order valence-electron chi connectivity index (χ3n) is 10.7. The molecule has 0 radical (unpaired) electrons. The van der Waals surface area contributed by atoms with Gasteiger partial charge in [-0.15, -0.1) is 22.7 Å². The van der Waals surface area contributed by atoms with E-state index in [1.54, 1.807) is 35.2 Å². The van der Waals surface area contributed by atoms with Crippen LogP contribution in [-0.2, 0) is 0 Å². The number of fused-ring (bicyclic) bond motifs is 1. The lowest BCUT2D eigenvalue weighted by Gasteiger charge is -2.23. The van der Waals surface area contributed by atoms with Gasteiger partial charge in [-0.05, 0) is 102 Å². The van der Waals surface area contributed by atoms with Gasteiger partial charge in [-0.2, -0.15) is 0 Å². The molecule has 0 saturated heterocycles. The maximum absolute atomic E-state index is 7.14. The molecule has 294 valence electrons. The van der Waals surface area contributed by atoms with Crippen molar-refractivity contribution in [3.63, 3.8) is 0 Å². The minimum Gasteiger partial charge on any atom is -0.396 e. The number of aromatic nitrogens is 2. The van der Waals surface area contributed by atoms with Crippen molar-refractivity contribution >= 4 is 84.0 Å². The maximum Gasteiger partial charge on any atom is 0.101 e. The van der Waals surface area contributed by atoms with Gasteiger partial charge in [-0.25, -0.2) is 4.98 Å². The zero-order valence-corrected chi connectivity index (χ0v) is 34.9. The first-order valence-electron chi connectivity index (χ1n) is 20.1. The van der Waals surface area contributed by atoms with Crippen molar-refractivity contribution in [3.05, 3.63) is 200 Å². The number of nitrogens with two attached hydrogens (primary N) is 1. The fourth-order valence-electron chi connectivity index (χ4n) is 7.93. The summed E-state index contributed by atoms with van der Waals surface area (Å²) in [5.41, 5.74) is 20.7. The Morgan fingerprint density at radius 1 is 0.492 bits per heavy atom. The van der Waals surface area contributed by atoms with Crippen LogP contribution in [0, 0.1) is 0 Å². The number of H-pyrrole nitrogens is 1. The first kappa shape index (κ1) is 37.7. The third kappa shape index (κ3) is 7.29. The Morgan fingerprint density at radius 2 is 0.885 bits per heavy atom. The predicted octanol–water partition coefficient (Wildman–Crippen LogP) is 15.6. The van der Waals surface area contributed by atoms with Crippen molar-refractivity contribution < 1.29 is 0 Å². The van der Waals surface area contributed by atoms with Gasteiger partial charge >= 0.3 is 0 Å². The van der Waals surface area contributed by atoms with E-state index >= 15 is 0 Å². The van der Waals surface area contributed by atoms with Crippen molar-refractivity contribution in [1.29, 1.82) is 0 Å². The number of aromatic amines is 1. The molecule has 3 N–H and O–H groups in total. The molecular weight excluding hydrogens is 785 g/mol. The van der Waals surface area contributed by atoms with Crippen LogP contribution in [0.4, 0.5) is 44.1 Å². The van der Waals surface area contributed by atoms with Crippen molar-refractivity contribution in [1.82, 2.24) is 9.97 Å². The van der Waals surface area contributed by atoms with Crippen LogP contribution in [0.1, 0.15) is 6.92 Å². The van der Waals surface area contributed by atoms with E-state index in [1.165, 1.54) is 9.75 Å². The highest BCUT2D eigenvalue weighted by Crippen LogP contribution is 2.49. The second-order valence-corrected chi connectivity index (χ2v) is 16.6. The minimum absolute atomic E-state index is 0.592. The largest absolute Gasteiger partial charge is 0.396 e. The highest BCUT2D eigenvalue weighted by molar-refractivity contribution is 7.19. The standard InChI is InChI=1S/C53H40N6S2/c1-2-55-51-49(39-29-25-37(26-30-39)45-32-34-47(61-45)59(42-19-11-5-12-20-42)43-21-13-6-14-22-43)53-52(56-35-57-53)48(50(51)54)38-27-23-36(24-28-38)44-31-33-46(60-44)58(40-15-7-3-8-16-40)41-17-9-4-10-18-41/h2-35H,54H2,1H3,(H,56,57). The van der Waals surface area contributed by atoms with Gasteiger partial charge in [-0.3, -0.25) is 4.99 Å². The average Bonchev–Trinajstić information content (AvgIpc) is 4.12. The van der Waals surface area contributed by atoms with Crippen LogP contribution >= 0.6 is 22.7 Å². The molecule has 8 heteroatoms. The molecule has 0 spiro atoms. The van der Waals surface area contributed by atoms with Crippen molar-refractivity contribution in [2.75, 3.05) is 15.5 Å². The topological polar surface area (TPSA) is 73.5 Å². The number of thiophene rings is 2. The summed E-state index contributed by atoms with van der Waals surface area (Å²) in [6.45, 7) is 1.92. The average molecular weight is 825 g/mol. The molecule has 61 heavy (non-hydrogen) atoms. The van der Waals surface area contributed by atoms with Crippen LogP contribution in [0.3, 0.4) is 0 Å². The second-order valence-electron chi connectivity index (χ2n) is 14.5. The van der Waals surface area contributed by atoms with E-state index in [1.807, 2.05) is 19.1 Å². The van der Waals surface area contributed by atoms with Crippen LogP contribution in [0.25, 0.3) is 54.2 Å². The van der Waals surface area contributed by atoms with Crippen LogP contribution in [0.5, 0.6) is 0 Å². The molecule has 3 aromatic heterocycles. The molecule has 3 heterocycles. The lowest BCUT2D eigenvalue weighted by Crippen LogP contribution is -2.07. The summed E-state index contributed by atoms with van der Waals surface area (Å²) >= 11 is 3.53. The van der Waals surface area contributed by atoms with Gasteiger partial charge in [0.25, 0.3) is 0 Å². The van der Waals surface area contributed by atoms with Gasteiger partial charge < -0.3 is 20.5 Å². The van der Waals surface area contributed by atoms with E-state index in [-0.39, 0.29) is 0 Å². The SMILES string of the molecule is CC=Nc1c(N)c(-c2ccc(-c3ccc(N(c4ccccc4)c4ccccc4)s3)cc2)c2nc[nH]c2c1-c1ccc(-c2ccc(N(c3ccccc3)c3ccccc3)s2)cc1. The predicted molar refractivity (Wildman–Crippen MR) is 261 cm³/mol. The number of rotatable bonds is 11. The fourth-order valence-corrected chi connectivity index (χ4v) is 10.0. The maximum atomic E-state index is 7.14. The number of hydrogen-bond acceptors (Lipinski definition) is 7. The quantitative estimate of drug-likeness (QED) is 0.101. The van der Waals surface area contributed by atoms with Crippen LogP contribution in [0.2, 0.25) is 0 Å². The van der Waals surface area contributed by atoms with Gasteiger partial charge in [0.1, 0.15) is 10.0 Å². The summed E-state index contributed by atoms with van der Waals surface area (Å²) in [6.07, 6.45) is 3.55. The smallest absolute Gasteiger partial charge is 0.101 e. The molecule has 0 aliphatic heterocycles. The number of aliphatic imine (C=N–C) groups is 1. The van der Waals surface area contributed by atoms with Gasteiger partial charge in [0.2, 0.25) is 0 Å². The molecule has 10 rings (SSSR count). The number of hydrogen-bond donors (Lipinski definition) is 2. The number of imidazole rings is 1. The van der Waals surface area contributed by atoms with Crippen molar-refractivity contribution in [2.45, 2.75) is 6.92 Å². The molecule has 0 fully saturated rings. The lowest BCUT2D eigenvalue weighted by atomic mass is 9.93. The molecule has 6 nitrogen and oxygen atoms in total. The van der Waals surface area contributed by atoms with Gasteiger partial charge in [0, 0.05) is 49.8 Å². The van der Waals surface area contributed by atoms with Crippen molar-refractivity contribution in [2.24, 2.45) is 4.99 Å². The molecule has 0 saturated carbocycles. The van der Waals surface area contributed by atoms with Crippen LogP contribution < -0.4 is 15.5 Å². The number of anilines is 7. The number of nitrogen functional groups attached to an aromatic ring is 1. The normalized spacial score (nSPS) is 11.4. The van der Waals surface area contributed by atoms with Gasteiger partial charge in [0.05, 0.1) is 28.7 Å². The number of nitrogens with zero attached hydrogens (tertiary/aromatic N) is 4. The summed E-state index contributed by atoms with van der Waals surface area (Å²) in [6, 6.07) is 68.1. The minimum atomic E-state index is 0.592. The summed E-state index contributed by atoms with van der Waals surface area (Å²) in [5.74, 6) is 0. The Bertz CT molecular complexity index is 3000. The molecule has 0 atom stereocenters. The summed E-state index contributed by atoms with van der Waals surface area (Å²) < 4.78 is 0. The second kappa shape index (κ2) is 16.6. The van der Waals surface area contributed by atoms with Gasteiger partial charge in [-0.1, -0.05) is 121 Å². The fraction of sp³-hybridized carbons (Fsp3) is 0.0189. The molecule has 0 bridgehead atoms. The van der Waals surface area contributed by atoms with Crippen LogP contribution in [0.15, 0.2) is 205 Å². The lowest BCUT2D eigenvalue weighted by molar-refractivity contribution is 1.32. The molecule has 10 aromatic rings. The van der Waals surface area contributed by atoms with E-state index in [0.717, 1.165) is 82.9 Å². The molecule has 0 amide bonds. The number of benzene rings is 7. The summed E-state index contributed by atoms with van der Waals surface area (Å²) in [4.78, 5) is 20.1. The van der Waals surface area contributed by atoms with Gasteiger partial charge in [0.15, 0.2) is 0 Å². The molecule has 0 aliphatic carbocycles. The number of para-hydroxylation sites is 4. The zero-order chi connectivity index (χ0) is 41.1. The van der Waals surface area contributed by atoms with Crippen LogP contribution in [-0.4, -0.2) is 16.2 Å². The summed E-state index contributed by atoms with van der Waals surface area (Å²) in [5, 5.41) is 2.28. The van der Waals surface area contributed by atoms with E-state index < -0.39 is 0 Å². The Hall–Kier alpha value is -7.52. The van der Waals surface area contributed by atoms with E-state index in [9.17, 15) is 0 Å². The Kier molecular flexibility index (Phi) is 10.3. The molecule has 0 unspecified atom stereocenters. The first-order valence-corrected chi connectivity index (χ1v) is 21.8. The van der Waals surface area contributed by atoms with Crippen molar-refractivity contribution in [3.8, 4) is 43.1 Å². The highest BCUT2D eigenvalue weighted by atomic mass is 32.1. The number of nitrogens with one attached hydrogen (secondary N) is 1. The third-order valence-corrected chi connectivity index (χ3v) is 13.0. The Balaban J connectivity index is 0.965. The monoisotopic (exact) mass is 824 g/mol. The Morgan fingerprint density at radius 3 is 1.30 bits per heavy atom. The van der Waals surface area contributed by atoms with E-state index in [0.29, 0.717) is 5.69 Å². The molecular formula is C53H40N6S2. The van der Waals surface area contributed by atoms with E-state index in [4.69, 9.17) is 15.7 Å². The molecule has 7 aromatic carbocycles. The summed E-state index contributed by atoms with van der Waals surface area (Å²) in [7, 11) is 0. The Labute approximate surface area is 363 Å².